The molecule has 0 fully saturated rings. The van der Waals surface area contributed by atoms with E-state index in [1.54, 1.807) is 7.11 Å². The van der Waals surface area contributed by atoms with E-state index in [2.05, 4.69) is 30.5 Å². The van der Waals surface area contributed by atoms with Crippen molar-refractivity contribution in [2.24, 2.45) is 0 Å². The Morgan fingerprint density at radius 1 is 1.00 bits per heavy atom. The van der Waals surface area contributed by atoms with Crippen LogP contribution in [0.25, 0.3) is 10.9 Å². The van der Waals surface area contributed by atoms with Gasteiger partial charge < -0.3 is 9.30 Å². The number of rotatable bonds is 8. The zero-order chi connectivity index (χ0) is 18.5. The average Bonchev–Trinajstić information content (AvgIpc) is 2.96. The van der Waals surface area contributed by atoms with Gasteiger partial charge in [-0.2, -0.15) is 0 Å². The lowest BCUT2D eigenvalue weighted by atomic mass is 10.0. The van der Waals surface area contributed by atoms with Crippen molar-refractivity contribution in [3.8, 4) is 5.75 Å². The van der Waals surface area contributed by atoms with Crippen LogP contribution < -0.4 is 4.74 Å². The highest BCUT2D eigenvalue weighted by Gasteiger charge is 2.20. The highest BCUT2D eigenvalue weighted by Crippen LogP contribution is 2.29. The van der Waals surface area contributed by atoms with Crippen LogP contribution in [0.2, 0.25) is 0 Å². The van der Waals surface area contributed by atoms with Crippen molar-refractivity contribution in [2.75, 3.05) is 7.11 Å². The molecule has 0 spiro atoms. The van der Waals surface area contributed by atoms with Crippen LogP contribution in [0, 0.1) is 6.92 Å². The predicted molar refractivity (Wildman–Crippen MR) is 107 cm³/mol. The molecule has 1 aromatic heterocycles. The van der Waals surface area contributed by atoms with Crippen LogP contribution in [-0.4, -0.2) is 17.5 Å². The monoisotopic (exact) mass is 349 g/mol. The molecule has 0 radical (unpaired) electrons. The first kappa shape index (κ1) is 18.2. The number of fused-ring (bicyclic) bond motifs is 1. The van der Waals surface area contributed by atoms with Crippen LogP contribution in [0.4, 0.5) is 0 Å². The maximum Gasteiger partial charge on any atom is 0.195 e. The van der Waals surface area contributed by atoms with E-state index >= 15 is 0 Å². The molecular formula is C23H27NO2. The minimum Gasteiger partial charge on any atom is -0.497 e. The SMILES string of the molecule is CCCCCCn1c(C)c(C(=O)c2ccc(OC)cc2)c2ccccc21. The van der Waals surface area contributed by atoms with Crippen molar-refractivity contribution in [3.63, 3.8) is 0 Å². The Kier molecular flexibility index (Phi) is 5.77. The summed E-state index contributed by atoms with van der Waals surface area (Å²) in [7, 11) is 1.63. The van der Waals surface area contributed by atoms with Crippen LogP contribution in [0.15, 0.2) is 48.5 Å². The second-order valence-electron chi connectivity index (χ2n) is 6.75. The number of aryl methyl sites for hydroxylation is 1. The van der Waals surface area contributed by atoms with Crippen LogP contribution in [0.3, 0.4) is 0 Å². The third kappa shape index (κ3) is 3.52. The summed E-state index contributed by atoms with van der Waals surface area (Å²) in [6.45, 7) is 5.25. The molecule has 3 aromatic rings. The predicted octanol–water partition coefficient (Wildman–Crippen LogP) is 5.77. The number of hydrogen-bond acceptors (Lipinski definition) is 2. The highest BCUT2D eigenvalue weighted by molar-refractivity contribution is 6.17. The van der Waals surface area contributed by atoms with E-state index < -0.39 is 0 Å². The van der Waals surface area contributed by atoms with Crippen molar-refractivity contribution >= 4 is 16.7 Å². The largest absolute Gasteiger partial charge is 0.497 e. The standard InChI is InChI=1S/C23H27NO2/c1-4-5-6-9-16-24-17(2)22(20-10-7-8-11-21(20)24)23(25)18-12-14-19(26-3)15-13-18/h7-8,10-15H,4-6,9,16H2,1-3H3. The Morgan fingerprint density at radius 2 is 1.73 bits per heavy atom. The molecule has 0 amide bonds. The first-order valence-corrected chi connectivity index (χ1v) is 9.44. The van der Waals surface area contributed by atoms with Gasteiger partial charge in [0.15, 0.2) is 5.78 Å². The van der Waals surface area contributed by atoms with Crippen LogP contribution >= 0.6 is 0 Å². The van der Waals surface area contributed by atoms with E-state index in [0.29, 0.717) is 5.56 Å². The molecule has 26 heavy (non-hydrogen) atoms. The number of nitrogens with zero attached hydrogens (tertiary/aromatic N) is 1. The number of methoxy groups -OCH3 is 1. The van der Waals surface area contributed by atoms with Crippen molar-refractivity contribution in [1.29, 1.82) is 0 Å². The van der Waals surface area contributed by atoms with Gasteiger partial charge in [0.2, 0.25) is 0 Å². The fourth-order valence-electron chi connectivity index (χ4n) is 3.59. The summed E-state index contributed by atoms with van der Waals surface area (Å²) in [5, 5.41) is 1.04. The number of unbranched alkanes of at least 4 members (excludes halogenated alkanes) is 3. The van der Waals surface area contributed by atoms with Crippen molar-refractivity contribution < 1.29 is 9.53 Å². The number of aromatic nitrogens is 1. The lowest BCUT2D eigenvalue weighted by molar-refractivity contribution is 0.103. The third-order valence-electron chi connectivity index (χ3n) is 5.05. The molecule has 0 aliphatic rings. The Morgan fingerprint density at radius 3 is 2.42 bits per heavy atom. The number of para-hydroxylation sites is 1. The second kappa shape index (κ2) is 8.22. The number of hydrogen-bond donors (Lipinski definition) is 0. The van der Waals surface area contributed by atoms with Gasteiger partial charge in [0.05, 0.1) is 12.7 Å². The van der Waals surface area contributed by atoms with Crippen LogP contribution in [0.1, 0.15) is 54.2 Å². The minimum absolute atomic E-state index is 0.0775. The number of benzene rings is 2. The lowest BCUT2D eigenvalue weighted by Crippen LogP contribution is -2.06. The molecule has 136 valence electrons. The number of ether oxygens (including phenoxy) is 1. The van der Waals surface area contributed by atoms with Gasteiger partial charge >= 0.3 is 0 Å². The molecule has 0 saturated carbocycles. The van der Waals surface area contributed by atoms with Gasteiger partial charge in [0, 0.05) is 28.7 Å². The summed E-state index contributed by atoms with van der Waals surface area (Å²) >= 11 is 0. The zero-order valence-electron chi connectivity index (χ0n) is 15.9. The van der Waals surface area contributed by atoms with E-state index in [4.69, 9.17) is 4.74 Å². The van der Waals surface area contributed by atoms with Gasteiger partial charge in [-0.05, 0) is 43.7 Å². The average molecular weight is 349 g/mol. The molecule has 0 saturated heterocycles. The lowest BCUT2D eigenvalue weighted by Gasteiger charge is -2.09. The molecule has 0 aliphatic carbocycles. The summed E-state index contributed by atoms with van der Waals surface area (Å²) in [6.07, 6.45) is 4.86. The Balaban J connectivity index is 1.99. The molecule has 0 bridgehead atoms. The number of ketones is 1. The molecule has 3 nitrogen and oxygen atoms in total. The van der Waals surface area contributed by atoms with Crippen molar-refractivity contribution in [3.05, 3.63) is 65.4 Å². The second-order valence-corrected chi connectivity index (χ2v) is 6.75. The van der Waals surface area contributed by atoms with E-state index in [0.717, 1.165) is 40.9 Å². The summed E-state index contributed by atoms with van der Waals surface area (Å²) in [5.74, 6) is 0.838. The van der Waals surface area contributed by atoms with Crippen molar-refractivity contribution in [1.82, 2.24) is 4.57 Å². The van der Waals surface area contributed by atoms with E-state index in [9.17, 15) is 4.79 Å². The molecule has 2 aromatic carbocycles. The van der Waals surface area contributed by atoms with Gasteiger partial charge in [-0.3, -0.25) is 4.79 Å². The van der Waals surface area contributed by atoms with Gasteiger partial charge in [0.25, 0.3) is 0 Å². The maximum absolute atomic E-state index is 13.2. The molecule has 0 N–H and O–H groups in total. The molecule has 0 unspecified atom stereocenters. The van der Waals surface area contributed by atoms with Gasteiger partial charge in [-0.15, -0.1) is 0 Å². The minimum atomic E-state index is 0.0775. The fourth-order valence-corrected chi connectivity index (χ4v) is 3.59. The maximum atomic E-state index is 13.2. The Hall–Kier alpha value is -2.55. The zero-order valence-corrected chi connectivity index (χ0v) is 15.9. The number of carbonyl (C=O) groups is 1. The quantitative estimate of drug-likeness (QED) is 0.382. The van der Waals surface area contributed by atoms with E-state index in [1.165, 1.54) is 19.3 Å². The first-order chi connectivity index (χ1) is 12.7. The number of carbonyl (C=O) groups excluding carboxylic acids is 1. The fraction of sp³-hybridized carbons (Fsp3) is 0.348. The van der Waals surface area contributed by atoms with Crippen LogP contribution in [-0.2, 0) is 6.54 Å². The summed E-state index contributed by atoms with van der Waals surface area (Å²) < 4.78 is 7.51. The van der Waals surface area contributed by atoms with Crippen LogP contribution in [0.5, 0.6) is 5.75 Å². The smallest absolute Gasteiger partial charge is 0.195 e. The molecule has 3 rings (SSSR count). The Bertz CT molecular complexity index is 890. The normalized spacial score (nSPS) is 11.0. The summed E-state index contributed by atoms with van der Waals surface area (Å²) in [6, 6.07) is 15.6. The summed E-state index contributed by atoms with van der Waals surface area (Å²) in [5.41, 5.74) is 3.73. The highest BCUT2D eigenvalue weighted by atomic mass is 16.5. The van der Waals surface area contributed by atoms with Gasteiger partial charge in [0.1, 0.15) is 5.75 Å². The first-order valence-electron chi connectivity index (χ1n) is 9.44. The van der Waals surface area contributed by atoms with Crippen molar-refractivity contribution in [2.45, 2.75) is 46.1 Å². The molecular weight excluding hydrogens is 322 g/mol. The molecule has 3 heteroatoms. The molecule has 1 heterocycles. The third-order valence-corrected chi connectivity index (χ3v) is 5.05. The summed E-state index contributed by atoms with van der Waals surface area (Å²) in [4.78, 5) is 13.2. The van der Waals surface area contributed by atoms with E-state index in [1.807, 2.05) is 36.4 Å². The molecule has 0 atom stereocenters. The Labute approximate surface area is 155 Å². The van der Waals surface area contributed by atoms with Gasteiger partial charge in [-0.1, -0.05) is 44.4 Å². The van der Waals surface area contributed by atoms with Gasteiger partial charge in [-0.25, -0.2) is 0 Å². The topological polar surface area (TPSA) is 31.2 Å². The van der Waals surface area contributed by atoms with E-state index in [-0.39, 0.29) is 5.78 Å². The molecule has 0 aliphatic heterocycles.